The van der Waals surface area contributed by atoms with Crippen molar-refractivity contribution in [3.8, 4) is 11.4 Å². The average Bonchev–Trinajstić information content (AvgIpc) is 3.36. The van der Waals surface area contributed by atoms with E-state index in [9.17, 15) is 4.79 Å². The highest BCUT2D eigenvalue weighted by Crippen LogP contribution is 2.24. The van der Waals surface area contributed by atoms with Gasteiger partial charge in [-0.05, 0) is 24.3 Å². The number of nitrogens with one attached hydrogen (secondary N) is 2. The molecule has 0 spiro atoms. The average molecular weight is 379 g/mol. The summed E-state index contributed by atoms with van der Waals surface area (Å²) in [6.07, 6.45) is 3.47. The van der Waals surface area contributed by atoms with Crippen LogP contribution in [0, 0.1) is 5.92 Å². The Morgan fingerprint density at radius 3 is 2.75 bits per heavy atom. The molecule has 2 aliphatic heterocycles. The largest absolute Gasteiger partial charge is 0.351 e. The molecule has 0 radical (unpaired) electrons. The number of hydrogen-bond donors (Lipinski definition) is 2. The molecule has 5 rings (SSSR count). The third kappa shape index (κ3) is 2.86. The number of anilines is 1. The molecule has 0 aromatic carbocycles. The minimum Gasteiger partial charge on any atom is -0.351 e. The summed E-state index contributed by atoms with van der Waals surface area (Å²) >= 11 is 0. The zero-order valence-electron chi connectivity index (χ0n) is 15.5. The van der Waals surface area contributed by atoms with Crippen molar-refractivity contribution in [1.29, 1.82) is 0 Å². The van der Waals surface area contributed by atoms with Gasteiger partial charge in [0.1, 0.15) is 5.82 Å². The van der Waals surface area contributed by atoms with Crippen molar-refractivity contribution < 1.29 is 4.79 Å². The number of likely N-dealkylation sites (N-methyl/N-ethyl adjacent to an activating group) is 1. The quantitative estimate of drug-likeness (QED) is 0.629. The van der Waals surface area contributed by atoms with Gasteiger partial charge in [0.15, 0.2) is 11.5 Å². The number of carbonyl (C=O) groups excluding carboxylic acids is 1. The molecular formula is C18H21N9O. The lowest BCUT2D eigenvalue weighted by Gasteiger charge is -2.45. The number of pyridine rings is 1. The van der Waals surface area contributed by atoms with Crippen LogP contribution < -0.4 is 15.8 Å². The molecule has 144 valence electrons. The molecule has 2 saturated heterocycles. The molecule has 28 heavy (non-hydrogen) atoms. The molecule has 1 amide bonds. The van der Waals surface area contributed by atoms with E-state index in [1.165, 1.54) is 0 Å². The van der Waals surface area contributed by atoms with Crippen molar-refractivity contribution in [2.75, 3.05) is 38.1 Å². The number of aromatic nitrogens is 5. The number of fused-ring (bicyclic) bond motifs is 1. The van der Waals surface area contributed by atoms with Crippen LogP contribution in [0.15, 0.2) is 36.7 Å². The van der Waals surface area contributed by atoms with Gasteiger partial charge < -0.3 is 9.80 Å². The first-order chi connectivity index (χ1) is 13.7. The van der Waals surface area contributed by atoms with Crippen LogP contribution in [-0.4, -0.2) is 74.9 Å². The van der Waals surface area contributed by atoms with Crippen molar-refractivity contribution in [3.63, 3.8) is 0 Å². The van der Waals surface area contributed by atoms with Crippen LogP contribution in [0.3, 0.4) is 0 Å². The third-order valence-electron chi connectivity index (χ3n) is 5.42. The van der Waals surface area contributed by atoms with E-state index in [4.69, 9.17) is 5.10 Å². The minimum absolute atomic E-state index is 0.00703. The molecule has 5 heterocycles. The second kappa shape index (κ2) is 6.80. The van der Waals surface area contributed by atoms with E-state index in [2.05, 4.69) is 30.9 Å². The first-order valence-corrected chi connectivity index (χ1v) is 9.31. The molecule has 3 aromatic heterocycles. The second-order valence-electron chi connectivity index (χ2n) is 7.19. The molecule has 0 saturated carbocycles. The van der Waals surface area contributed by atoms with Gasteiger partial charge in [0.05, 0.1) is 12.0 Å². The number of hydrazine groups is 1. The molecule has 2 aliphatic rings. The first-order valence-electron chi connectivity index (χ1n) is 9.31. The molecule has 2 fully saturated rings. The highest BCUT2D eigenvalue weighted by Gasteiger charge is 2.36. The molecular weight excluding hydrogens is 358 g/mol. The van der Waals surface area contributed by atoms with Gasteiger partial charge in [-0.25, -0.2) is 0 Å². The van der Waals surface area contributed by atoms with Gasteiger partial charge in [0, 0.05) is 51.2 Å². The number of rotatable bonds is 4. The lowest BCUT2D eigenvalue weighted by Crippen LogP contribution is -2.61. The molecule has 10 heteroatoms. The number of amides is 1. The van der Waals surface area contributed by atoms with E-state index < -0.39 is 0 Å². The topological polar surface area (TPSA) is 104 Å². The van der Waals surface area contributed by atoms with Crippen molar-refractivity contribution in [3.05, 3.63) is 36.7 Å². The summed E-state index contributed by atoms with van der Waals surface area (Å²) in [4.78, 5) is 20.7. The van der Waals surface area contributed by atoms with Gasteiger partial charge in [-0.3, -0.25) is 20.6 Å². The second-order valence-corrected chi connectivity index (χ2v) is 7.19. The highest BCUT2D eigenvalue weighted by atomic mass is 16.2. The summed E-state index contributed by atoms with van der Waals surface area (Å²) in [5, 5.41) is 13.2. The Hall–Kier alpha value is -3.11. The summed E-state index contributed by atoms with van der Waals surface area (Å²) in [5.41, 5.74) is 7.58. The molecule has 0 aliphatic carbocycles. The van der Waals surface area contributed by atoms with Crippen LogP contribution in [0.2, 0.25) is 0 Å². The normalized spacial score (nSPS) is 17.8. The standard InChI is InChI=1S/C18H21N9O/c1-25(18(28)13-8-20-21-9-13)14-10-26(11-14)16-5-4-15-22-23-17(27(15)24-16)12-3-2-6-19-7-12/h2-7,13-14,20-21H,8-11H2,1H3. The molecule has 0 bridgehead atoms. The number of hydrogen-bond acceptors (Lipinski definition) is 8. The predicted molar refractivity (Wildman–Crippen MR) is 102 cm³/mol. The van der Waals surface area contributed by atoms with Gasteiger partial charge in [-0.15, -0.1) is 15.3 Å². The Morgan fingerprint density at radius 2 is 2.00 bits per heavy atom. The maximum atomic E-state index is 12.5. The fourth-order valence-corrected chi connectivity index (χ4v) is 3.62. The number of nitrogens with zero attached hydrogens (tertiary/aromatic N) is 7. The minimum atomic E-state index is 0.00703. The zero-order valence-corrected chi connectivity index (χ0v) is 15.5. The maximum Gasteiger partial charge on any atom is 0.228 e. The summed E-state index contributed by atoms with van der Waals surface area (Å²) in [6, 6.07) is 7.85. The predicted octanol–water partition coefficient (Wildman–Crippen LogP) is -0.443. The van der Waals surface area contributed by atoms with Crippen LogP contribution in [0.25, 0.3) is 17.0 Å². The Morgan fingerprint density at radius 1 is 1.18 bits per heavy atom. The van der Waals surface area contributed by atoms with Crippen LogP contribution >= 0.6 is 0 Å². The van der Waals surface area contributed by atoms with Crippen LogP contribution in [0.4, 0.5) is 5.82 Å². The van der Waals surface area contributed by atoms with Crippen LogP contribution in [-0.2, 0) is 4.79 Å². The first kappa shape index (κ1) is 17.0. The van der Waals surface area contributed by atoms with E-state index in [-0.39, 0.29) is 17.9 Å². The summed E-state index contributed by atoms with van der Waals surface area (Å²) in [5.74, 6) is 1.70. The van der Waals surface area contributed by atoms with Gasteiger partial charge >= 0.3 is 0 Å². The van der Waals surface area contributed by atoms with E-state index in [0.717, 1.165) is 24.5 Å². The third-order valence-corrected chi connectivity index (χ3v) is 5.42. The summed E-state index contributed by atoms with van der Waals surface area (Å²) in [6.45, 7) is 2.89. The number of carbonyl (C=O) groups is 1. The van der Waals surface area contributed by atoms with E-state index in [1.54, 1.807) is 16.9 Å². The molecule has 10 nitrogen and oxygen atoms in total. The van der Waals surface area contributed by atoms with Gasteiger partial charge in [-0.2, -0.15) is 4.52 Å². The molecule has 0 unspecified atom stereocenters. The van der Waals surface area contributed by atoms with Crippen molar-refractivity contribution in [2.45, 2.75) is 6.04 Å². The fraction of sp³-hybridized carbons (Fsp3) is 0.389. The van der Waals surface area contributed by atoms with Crippen LogP contribution in [0.1, 0.15) is 0 Å². The van der Waals surface area contributed by atoms with E-state index in [0.29, 0.717) is 24.6 Å². The molecule has 2 N–H and O–H groups in total. The summed E-state index contributed by atoms with van der Waals surface area (Å²) in [7, 11) is 1.89. The molecule has 3 aromatic rings. The SMILES string of the molecule is CN(C(=O)C1CNNC1)C1CN(c2ccc3nnc(-c4cccnc4)n3n2)C1. The Bertz CT molecular complexity index is 993. The monoisotopic (exact) mass is 379 g/mol. The highest BCUT2D eigenvalue weighted by molar-refractivity contribution is 5.80. The van der Waals surface area contributed by atoms with Crippen molar-refractivity contribution >= 4 is 17.4 Å². The van der Waals surface area contributed by atoms with Gasteiger partial charge in [0.2, 0.25) is 5.91 Å². The van der Waals surface area contributed by atoms with Gasteiger partial charge in [0.25, 0.3) is 0 Å². The Labute approximate surface area is 161 Å². The lowest BCUT2D eigenvalue weighted by atomic mass is 10.0. The van der Waals surface area contributed by atoms with Crippen LogP contribution in [0.5, 0.6) is 0 Å². The Balaban J connectivity index is 1.32. The lowest BCUT2D eigenvalue weighted by molar-refractivity contribution is -0.135. The van der Waals surface area contributed by atoms with E-state index in [1.807, 2.05) is 36.2 Å². The Kier molecular flexibility index (Phi) is 4.14. The fourth-order valence-electron chi connectivity index (χ4n) is 3.62. The van der Waals surface area contributed by atoms with E-state index >= 15 is 0 Å². The van der Waals surface area contributed by atoms with Crippen molar-refractivity contribution in [1.82, 2.24) is 40.5 Å². The molecule has 0 atom stereocenters. The maximum absolute atomic E-state index is 12.5. The smallest absolute Gasteiger partial charge is 0.228 e. The van der Waals surface area contributed by atoms with Crippen molar-refractivity contribution in [2.24, 2.45) is 5.92 Å². The zero-order chi connectivity index (χ0) is 19.1. The summed E-state index contributed by atoms with van der Waals surface area (Å²) < 4.78 is 1.74. The van der Waals surface area contributed by atoms with Gasteiger partial charge in [-0.1, -0.05) is 0 Å².